The first-order valence-corrected chi connectivity index (χ1v) is 5.58. The summed E-state index contributed by atoms with van der Waals surface area (Å²) in [5.74, 6) is -0.0985. The molecule has 16 heavy (non-hydrogen) atoms. The molecule has 2 nitrogen and oxygen atoms in total. The monoisotopic (exact) mass is 301 g/mol. The summed E-state index contributed by atoms with van der Waals surface area (Å²) < 4.78 is 19.3. The first kappa shape index (κ1) is 11.4. The van der Waals surface area contributed by atoms with E-state index < -0.39 is 5.82 Å². The van der Waals surface area contributed by atoms with Crippen molar-refractivity contribution in [3.05, 3.63) is 51.8 Å². The molecule has 0 atom stereocenters. The normalized spacial score (nSPS) is 10.2. The average Bonchev–Trinajstić information content (AvgIpc) is 2.24. The molecule has 82 valence electrons. The minimum atomic E-state index is -0.454. The predicted molar refractivity (Wildman–Crippen MR) is 63.4 cm³/mol. The molecule has 0 bridgehead atoms. The van der Waals surface area contributed by atoms with E-state index in [1.165, 1.54) is 12.1 Å². The summed E-state index contributed by atoms with van der Waals surface area (Å²) in [6.45, 7) is 0. The van der Waals surface area contributed by atoms with E-state index in [1.54, 1.807) is 24.3 Å². The van der Waals surface area contributed by atoms with Crippen LogP contribution in [0.25, 0.3) is 0 Å². The Morgan fingerprint density at radius 1 is 1.25 bits per heavy atom. The summed E-state index contributed by atoms with van der Waals surface area (Å²) in [5.41, 5.74) is 0. The van der Waals surface area contributed by atoms with Crippen LogP contribution in [0.4, 0.5) is 4.39 Å². The molecule has 0 radical (unpaired) electrons. The number of benzene rings is 1. The van der Waals surface area contributed by atoms with Crippen molar-refractivity contribution in [3.63, 3.8) is 0 Å². The number of ether oxygens (including phenoxy) is 1. The smallest absolute Gasteiger partial charge is 0.220 e. The van der Waals surface area contributed by atoms with Crippen molar-refractivity contribution in [2.24, 2.45) is 0 Å². The molecule has 5 heteroatoms. The molecular weight excluding hydrogens is 296 g/mol. The highest BCUT2D eigenvalue weighted by atomic mass is 79.9. The van der Waals surface area contributed by atoms with Crippen LogP contribution in [0.3, 0.4) is 0 Å². The summed E-state index contributed by atoms with van der Waals surface area (Å²) in [6, 6.07) is 9.33. The summed E-state index contributed by atoms with van der Waals surface area (Å²) in [7, 11) is 0. The molecule has 0 saturated carbocycles. The van der Waals surface area contributed by atoms with Gasteiger partial charge in [-0.2, -0.15) is 0 Å². The number of hydrogen-bond acceptors (Lipinski definition) is 2. The van der Waals surface area contributed by atoms with Crippen LogP contribution < -0.4 is 4.74 Å². The molecule has 0 unspecified atom stereocenters. The van der Waals surface area contributed by atoms with Crippen molar-refractivity contribution < 1.29 is 9.13 Å². The van der Waals surface area contributed by atoms with E-state index >= 15 is 0 Å². The molecule has 0 spiro atoms. The van der Waals surface area contributed by atoms with E-state index in [0.29, 0.717) is 5.15 Å². The van der Waals surface area contributed by atoms with E-state index in [0.717, 1.165) is 4.47 Å². The van der Waals surface area contributed by atoms with Gasteiger partial charge in [0.2, 0.25) is 5.88 Å². The second-order valence-electron chi connectivity index (χ2n) is 2.98. The van der Waals surface area contributed by atoms with Crippen LogP contribution in [0.2, 0.25) is 5.15 Å². The number of halogens is 3. The maximum atomic E-state index is 13.3. The van der Waals surface area contributed by atoms with Gasteiger partial charge in [-0.25, -0.2) is 9.37 Å². The van der Waals surface area contributed by atoms with Gasteiger partial charge in [-0.05, 0) is 24.3 Å². The van der Waals surface area contributed by atoms with Crippen molar-refractivity contribution in [1.29, 1.82) is 0 Å². The molecule has 2 rings (SSSR count). The lowest BCUT2D eigenvalue weighted by Gasteiger charge is -2.06. The number of aromatic nitrogens is 1. The van der Waals surface area contributed by atoms with Crippen LogP contribution >= 0.6 is 27.5 Å². The quantitative estimate of drug-likeness (QED) is 0.766. The second-order valence-corrected chi connectivity index (χ2v) is 4.28. The van der Waals surface area contributed by atoms with Gasteiger partial charge in [0.15, 0.2) is 11.6 Å². The Bertz CT molecular complexity index is 521. The van der Waals surface area contributed by atoms with E-state index in [9.17, 15) is 4.39 Å². The van der Waals surface area contributed by atoms with E-state index in [2.05, 4.69) is 20.9 Å². The van der Waals surface area contributed by atoms with Crippen LogP contribution in [0.5, 0.6) is 11.6 Å². The molecule has 1 aromatic heterocycles. The summed E-state index contributed by atoms with van der Waals surface area (Å²) in [6.07, 6.45) is 0. The van der Waals surface area contributed by atoms with Crippen molar-refractivity contribution in [2.45, 2.75) is 0 Å². The first-order chi connectivity index (χ1) is 7.65. The topological polar surface area (TPSA) is 22.1 Å². The van der Waals surface area contributed by atoms with E-state index in [-0.39, 0.29) is 11.6 Å². The molecule has 0 N–H and O–H groups in total. The Balaban J connectivity index is 2.30. The van der Waals surface area contributed by atoms with Crippen LogP contribution in [0.1, 0.15) is 0 Å². The zero-order chi connectivity index (χ0) is 11.5. The molecule has 0 aliphatic rings. The van der Waals surface area contributed by atoms with Gasteiger partial charge in [-0.3, -0.25) is 0 Å². The maximum Gasteiger partial charge on any atom is 0.220 e. The highest BCUT2D eigenvalue weighted by Gasteiger charge is 2.06. The summed E-state index contributed by atoms with van der Waals surface area (Å²) in [5, 5.41) is 0.299. The molecule has 0 fully saturated rings. The van der Waals surface area contributed by atoms with Crippen molar-refractivity contribution >= 4 is 27.5 Å². The van der Waals surface area contributed by atoms with Gasteiger partial charge >= 0.3 is 0 Å². The highest BCUT2D eigenvalue weighted by molar-refractivity contribution is 9.10. The Labute approximate surface area is 105 Å². The average molecular weight is 303 g/mol. The van der Waals surface area contributed by atoms with Gasteiger partial charge in [0, 0.05) is 10.5 Å². The fourth-order valence-electron chi connectivity index (χ4n) is 1.11. The molecule has 0 aliphatic heterocycles. The third-order valence-corrected chi connectivity index (χ3v) is 2.50. The van der Waals surface area contributed by atoms with E-state index in [1.807, 2.05) is 0 Å². The number of hydrogen-bond donors (Lipinski definition) is 0. The zero-order valence-corrected chi connectivity index (χ0v) is 10.3. The van der Waals surface area contributed by atoms with Crippen molar-refractivity contribution in [3.8, 4) is 11.6 Å². The Morgan fingerprint density at radius 3 is 2.81 bits per heavy atom. The Morgan fingerprint density at radius 2 is 2.06 bits per heavy atom. The van der Waals surface area contributed by atoms with Gasteiger partial charge in [-0.1, -0.05) is 33.6 Å². The summed E-state index contributed by atoms with van der Waals surface area (Å²) >= 11 is 8.92. The fraction of sp³-hybridized carbons (Fsp3) is 0. The molecule has 2 aromatic rings. The first-order valence-electron chi connectivity index (χ1n) is 4.40. The van der Waals surface area contributed by atoms with Crippen LogP contribution in [0, 0.1) is 5.82 Å². The van der Waals surface area contributed by atoms with Gasteiger partial charge in [0.1, 0.15) is 5.15 Å². The van der Waals surface area contributed by atoms with Crippen molar-refractivity contribution in [1.82, 2.24) is 4.98 Å². The number of rotatable bonds is 2. The fourth-order valence-corrected chi connectivity index (χ4v) is 1.61. The predicted octanol–water partition coefficient (Wildman–Crippen LogP) is 4.43. The lowest BCUT2D eigenvalue weighted by atomic mass is 10.3. The molecular formula is C11H6BrClFNO. The van der Waals surface area contributed by atoms with Gasteiger partial charge in [0.25, 0.3) is 0 Å². The van der Waals surface area contributed by atoms with Crippen LogP contribution in [-0.2, 0) is 0 Å². The largest absolute Gasteiger partial charge is 0.436 e. The SMILES string of the molecule is Fc1ccc(Br)cc1Oc1cccc(Cl)n1. The third-order valence-electron chi connectivity index (χ3n) is 1.80. The van der Waals surface area contributed by atoms with Gasteiger partial charge in [0.05, 0.1) is 0 Å². The standard InChI is InChI=1S/C11H6BrClFNO/c12-7-4-5-8(14)9(6-7)16-11-3-1-2-10(13)15-11/h1-6H. The molecule has 1 heterocycles. The van der Waals surface area contributed by atoms with Gasteiger partial charge < -0.3 is 4.74 Å². The molecule has 0 amide bonds. The summed E-state index contributed by atoms with van der Waals surface area (Å²) in [4.78, 5) is 3.90. The minimum absolute atomic E-state index is 0.101. The maximum absolute atomic E-state index is 13.3. The van der Waals surface area contributed by atoms with Crippen molar-refractivity contribution in [2.75, 3.05) is 0 Å². The van der Waals surface area contributed by atoms with Gasteiger partial charge in [-0.15, -0.1) is 0 Å². The van der Waals surface area contributed by atoms with Crippen LogP contribution in [0.15, 0.2) is 40.9 Å². The Hall–Kier alpha value is -1.13. The number of pyridine rings is 1. The lowest BCUT2D eigenvalue weighted by Crippen LogP contribution is -1.90. The molecule has 0 aliphatic carbocycles. The molecule has 0 saturated heterocycles. The Kier molecular flexibility index (Phi) is 3.41. The number of nitrogens with zero attached hydrogens (tertiary/aromatic N) is 1. The lowest BCUT2D eigenvalue weighted by molar-refractivity contribution is 0.427. The highest BCUT2D eigenvalue weighted by Crippen LogP contribution is 2.26. The minimum Gasteiger partial charge on any atom is -0.436 e. The second kappa shape index (κ2) is 4.80. The zero-order valence-electron chi connectivity index (χ0n) is 7.95. The van der Waals surface area contributed by atoms with Crippen LogP contribution in [-0.4, -0.2) is 4.98 Å². The third kappa shape index (κ3) is 2.71. The van der Waals surface area contributed by atoms with E-state index in [4.69, 9.17) is 16.3 Å². The molecule has 1 aromatic carbocycles.